The second-order valence-electron chi connectivity index (χ2n) is 3.78. The minimum Gasteiger partial charge on any atom is -0.481 e. The number of hydrogen-bond donors (Lipinski definition) is 2. The van der Waals surface area contributed by atoms with E-state index in [1.807, 2.05) is 24.3 Å². The molecule has 0 saturated heterocycles. The van der Waals surface area contributed by atoms with Crippen LogP contribution in [0.4, 0.5) is 11.6 Å². The zero-order valence-electron chi connectivity index (χ0n) is 10.3. The van der Waals surface area contributed by atoms with Gasteiger partial charge in [-0.2, -0.15) is 4.98 Å². The lowest BCUT2D eigenvalue weighted by Crippen LogP contribution is -2.03. The first-order valence-electron chi connectivity index (χ1n) is 5.75. The summed E-state index contributed by atoms with van der Waals surface area (Å²) in [4.78, 5) is 8.30. The summed E-state index contributed by atoms with van der Waals surface area (Å²) in [5.41, 5.74) is 7.66. The molecule has 0 saturated carbocycles. The highest BCUT2D eigenvalue weighted by atomic mass is 16.5. The van der Waals surface area contributed by atoms with Crippen LogP contribution in [0.15, 0.2) is 36.5 Å². The second-order valence-corrected chi connectivity index (χ2v) is 3.78. The molecule has 0 spiro atoms. The monoisotopic (exact) mass is 244 g/mol. The minimum atomic E-state index is 0.515. The van der Waals surface area contributed by atoms with Gasteiger partial charge in [0.15, 0.2) is 0 Å². The highest BCUT2D eigenvalue weighted by Crippen LogP contribution is 2.15. The number of aromatic nitrogens is 2. The number of nitrogens with zero attached hydrogens (tertiary/aromatic N) is 2. The largest absolute Gasteiger partial charge is 0.481 e. The molecule has 2 aromatic rings. The van der Waals surface area contributed by atoms with Gasteiger partial charge in [0.25, 0.3) is 0 Å². The summed E-state index contributed by atoms with van der Waals surface area (Å²) in [6.45, 7) is 0.659. The van der Waals surface area contributed by atoms with Gasteiger partial charge in [-0.15, -0.1) is 0 Å². The van der Waals surface area contributed by atoms with Crippen molar-refractivity contribution in [2.45, 2.75) is 6.42 Å². The summed E-state index contributed by atoms with van der Waals surface area (Å²) in [5, 5.41) is 3.11. The minimum absolute atomic E-state index is 0.515. The average molecular weight is 244 g/mol. The summed E-state index contributed by atoms with van der Waals surface area (Å²) in [6.07, 6.45) is 2.53. The van der Waals surface area contributed by atoms with Crippen molar-refractivity contribution < 1.29 is 4.74 Å². The Morgan fingerprint density at radius 3 is 2.67 bits per heavy atom. The standard InChI is InChI=1S/C13H16N4O/c1-18-12-7-9-15-13(17-12)16-11-4-2-10(3-5-11)6-8-14/h2-5,7,9H,6,8,14H2,1H3,(H,15,16,17). The molecular weight excluding hydrogens is 228 g/mol. The predicted molar refractivity (Wildman–Crippen MR) is 71.1 cm³/mol. The van der Waals surface area contributed by atoms with Crippen molar-refractivity contribution in [3.63, 3.8) is 0 Å². The molecule has 0 bridgehead atoms. The van der Waals surface area contributed by atoms with Crippen LogP contribution in [-0.2, 0) is 6.42 Å². The maximum Gasteiger partial charge on any atom is 0.230 e. The Balaban J connectivity index is 2.08. The first-order chi connectivity index (χ1) is 8.81. The van der Waals surface area contributed by atoms with Crippen LogP contribution in [0.3, 0.4) is 0 Å². The molecule has 1 aromatic heterocycles. The van der Waals surface area contributed by atoms with Gasteiger partial charge in [-0.25, -0.2) is 4.98 Å². The fraction of sp³-hybridized carbons (Fsp3) is 0.231. The molecule has 0 atom stereocenters. The number of methoxy groups -OCH3 is 1. The van der Waals surface area contributed by atoms with E-state index in [1.165, 1.54) is 5.56 Å². The van der Waals surface area contributed by atoms with Gasteiger partial charge in [0, 0.05) is 18.0 Å². The van der Waals surface area contributed by atoms with E-state index in [-0.39, 0.29) is 0 Å². The summed E-state index contributed by atoms with van der Waals surface area (Å²) in [7, 11) is 1.58. The van der Waals surface area contributed by atoms with Crippen LogP contribution < -0.4 is 15.8 Å². The summed E-state index contributed by atoms with van der Waals surface area (Å²) < 4.78 is 5.04. The number of nitrogens with one attached hydrogen (secondary N) is 1. The van der Waals surface area contributed by atoms with E-state index in [0.717, 1.165) is 12.1 Å². The summed E-state index contributed by atoms with van der Waals surface area (Å²) >= 11 is 0. The van der Waals surface area contributed by atoms with E-state index in [1.54, 1.807) is 19.4 Å². The Labute approximate surface area is 106 Å². The van der Waals surface area contributed by atoms with Gasteiger partial charge >= 0.3 is 0 Å². The molecule has 1 aromatic carbocycles. The molecule has 18 heavy (non-hydrogen) atoms. The molecule has 0 fully saturated rings. The number of ether oxygens (including phenoxy) is 1. The lowest BCUT2D eigenvalue weighted by Gasteiger charge is -2.06. The van der Waals surface area contributed by atoms with E-state index in [4.69, 9.17) is 10.5 Å². The second kappa shape index (κ2) is 5.97. The third-order valence-corrected chi connectivity index (χ3v) is 2.48. The molecule has 0 amide bonds. The van der Waals surface area contributed by atoms with Crippen molar-refractivity contribution in [3.8, 4) is 5.88 Å². The van der Waals surface area contributed by atoms with E-state index < -0.39 is 0 Å². The highest BCUT2D eigenvalue weighted by molar-refractivity contribution is 5.53. The molecule has 94 valence electrons. The van der Waals surface area contributed by atoms with Crippen LogP contribution in [0.2, 0.25) is 0 Å². The Morgan fingerprint density at radius 2 is 2.00 bits per heavy atom. The summed E-state index contributed by atoms with van der Waals surface area (Å²) in [6, 6.07) is 9.74. The first-order valence-corrected chi connectivity index (χ1v) is 5.75. The van der Waals surface area contributed by atoms with Crippen LogP contribution in [0.5, 0.6) is 5.88 Å². The molecular formula is C13H16N4O. The van der Waals surface area contributed by atoms with E-state index in [9.17, 15) is 0 Å². The molecule has 0 aliphatic carbocycles. The number of nitrogens with two attached hydrogens (primary N) is 1. The van der Waals surface area contributed by atoms with Gasteiger partial charge in [0.2, 0.25) is 11.8 Å². The van der Waals surface area contributed by atoms with E-state index in [2.05, 4.69) is 15.3 Å². The van der Waals surface area contributed by atoms with E-state index >= 15 is 0 Å². The number of anilines is 2. The predicted octanol–water partition coefficient (Wildman–Crippen LogP) is 1.73. The van der Waals surface area contributed by atoms with Crippen LogP contribution in [-0.4, -0.2) is 23.6 Å². The van der Waals surface area contributed by atoms with E-state index in [0.29, 0.717) is 18.4 Å². The molecule has 5 nitrogen and oxygen atoms in total. The van der Waals surface area contributed by atoms with Crippen LogP contribution >= 0.6 is 0 Å². The number of hydrogen-bond acceptors (Lipinski definition) is 5. The molecule has 2 rings (SSSR count). The van der Waals surface area contributed by atoms with Crippen LogP contribution in [0.1, 0.15) is 5.56 Å². The smallest absolute Gasteiger partial charge is 0.230 e. The van der Waals surface area contributed by atoms with Crippen LogP contribution in [0, 0.1) is 0 Å². The molecule has 1 heterocycles. The van der Waals surface area contributed by atoms with Crippen molar-refractivity contribution >= 4 is 11.6 Å². The Morgan fingerprint density at radius 1 is 1.22 bits per heavy atom. The number of rotatable bonds is 5. The summed E-state index contributed by atoms with van der Waals surface area (Å²) in [5.74, 6) is 1.05. The van der Waals surface area contributed by atoms with Gasteiger partial charge < -0.3 is 15.8 Å². The van der Waals surface area contributed by atoms with Gasteiger partial charge in [-0.05, 0) is 30.7 Å². The van der Waals surface area contributed by atoms with Crippen molar-refractivity contribution in [1.29, 1.82) is 0 Å². The number of benzene rings is 1. The quantitative estimate of drug-likeness (QED) is 0.838. The SMILES string of the molecule is COc1ccnc(Nc2ccc(CCN)cc2)n1. The van der Waals surface area contributed by atoms with Gasteiger partial charge in [-0.3, -0.25) is 0 Å². The Hall–Kier alpha value is -2.14. The third-order valence-electron chi connectivity index (χ3n) is 2.48. The van der Waals surface area contributed by atoms with Crippen LogP contribution in [0.25, 0.3) is 0 Å². The molecule has 5 heteroatoms. The Kier molecular flexibility index (Phi) is 4.09. The lowest BCUT2D eigenvalue weighted by molar-refractivity contribution is 0.397. The van der Waals surface area contributed by atoms with Crippen molar-refractivity contribution in [2.24, 2.45) is 5.73 Å². The van der Waals surface area contributed by atoms with Gasteiger partial charge in [-0.1, -0.05) is 12.1 Å². The van der Waals surface area contributed by atoms with Gasteiger partial charge in [0.1, 0.15) is 0 Å². The first kappa shape index (κ1) is 12.3. The fourth-order valence-electron chi connectivity index (χ4n) is 1.57. The zero-order chi connectivity index (χ0) is 12.8. The maximum atomic E-state index is 5.50. The third kappa shape index (κ3) is 3.18. The highest BCUT2D eigenvalue weighted by Gasteiger charge is 2.00. The van der Waals surface area contributed by atoms with Crippen molar-refractivity contribution in [2.75, 3.05) is 19.0 Å². The lowest BCUT2D eigenvalue weighted by atomic mass is 10.1. The molecule has 0 aliphatic heterocycles. The topological polar surface area (TPSA) is 73.1 Å². The Bertz CT molecular complexity index is 499. The van der Waals surface area contributed by atoms with Crippen molar-refractivity contribution in [1.82, 2.24) is 9.97 Å². The molecule has 0 radical (unpaired) electrons. The zero-order valence-corrected chi connectivity index (χ0v) is 10.3. The molecule has 0 aliphatic rings. The normalized spacial score (nSPS) is 10.1. The maximum absolute atomic E-state index is 5.50. The van der Waals surface area contributed by atoms with Gasteiger partial charge in [0.05, 0.1) is 7.11 Å². The average Bonchev–Trinajstić information content (AvgIpc) is 2.42. The molecule has 0 unspecified atom stereocenters. The molecule has 3 N–H and O–H groups in total. The fourth-order valence-corrected chi connectivity index (χ4v) is 1.57. The van der Waals surface area contributed by atoms with Crippen molar-refractivity contribution in [3.05, 3.63) is 42.1 Å².